The molecule has 2 N–H and O–H groups in total. The van der Waals surface area contributed by atoms with Crippen molar-refractivity contribution in [3.8, 4) is 0 Å². The highest BCUT2D eigenvalue weighted by atomic mass is 19.1. The Morgan fingerprint density at radius 2 is 1.80 bits per heavy atom. The summed E-state index contributed by atoms with van der Waals surface area (Å²) in [5.41, 5.74) is 0.893. The Morgan fingerprint density at radius 1 is 1.05 bits per heavy atom. The van der Waals surface area contributed by atoms with Gasteiger partial charge in [0.15, 0.2) is 0 Å². The van der Waals surface area contributed by atoms with Gasteiger partial charge in [-0.25, -0.2) is 8.78 Å². The van der Waals surface area contributed by atoms with Crippen molar-refractivity contribution < 1.29 is 13.6 Å². The van der Waals surface area contributed by atoms with Crippen LogP contribution in [0, 0.1) is 11.6 Å². The smallest absolute Gasteiger partial charge is 0.226 e. The van der Waals surface area contributed by atoms with E-state index in [1.807, 2.05) is 30.3 Å². The van der Waals surface area contributed by atoms with Gasteiger partial charge in [-0.15, -0.1) is 0 Å². The third kappa shape index (κ3) is 4.05. The molecule has 0 aliphatic carbocycles. The van der Waals surface area contributed by atoms with Crippen LogP contribution in [0.3, 0.4) is 0 Å². The zero-order chi connectivity index (χ0) is 14.4. The van der Waals surface area contributed by atoms with Gasteiger partial charge in [0.1, 0.15) is 11.6 Å². The first-order valence-corrected chi connectivity index (χ1v) is 6.19. The fourth-order valence-electron chi connectivity index (χ4n) is 1.68. The average molecular weight is 276 g/mol. The molecule has 3 nitrogen and oxygen atoms in total. The molecule has 0 saturated carbocycles. The van der Waals surface area contributed by atoms with Crippen molar-refractivity contribution in [3.05, 3.63) is 60.2 Å². The molecule has 0 spiro atoms. The van der Waals surface area contributed by atoms with Crippen LogP contribution >= 0.6 is 0 Å². The number of rotatable bonds is 5. The average Bonchev–Trinajstić information content (AvgIpc) is 2.43. The van der Waals surface area contributed by atoms with Crippen molar-refractivity contribution in [2.75, 3.05) is 17.2 Å². The molecular formula is C15H14F2N2O. The van der Waals surface area contributed by atoms with Gasteiger partial charge in [0.05, 0.1) is 5.69 Å². The Morgan fingerprint density at radius 3 is 2.50 bits per heavy atom. The molecule has 0 unspecified atom stereocenters. The van der Waals surface area contributed by atoms with E-state index in [0.717, 1.165) is 17.8 Å². The minimum atomic E-state index is -0.783. The first kappa shape index (κ1) is 14.0. The monoisotopic (exact) mass is 276 g/mol. The second kappa shape index (κ2) is 6.65. The van der Waals surface area contributed by atoms with Crippen LogP contribution in [0.15, 0.2) is 48.5 Å². The number of halogens is 2. The van der Waals surface area contributed by atoms with E-state index in [1.165, 1.54) is 6.07 Å². The third-order valence-electron chi connectivity index (χ3n) is 2.66. The Hall–Kier alpha value is -2.43. The van der Waals surface area contributed by atoms with Crippen molar-refractivity contribution in [2.45, 2.75) is 6.42 Å². The predicted molar refractivity (Wildman–Crippen MR) is 74.5 cm³/mol. The first-order valence-electron chi connectivity index (χ1n) is 6.19. The zero-order valence-electron chi connectivity index (χ0n) is 10.7. The Bertz CT molecular complexity index is 588. The van der Waals surface area contributed by atoms with E-state index in [-0.39, 0.29) is 18.0 Å². The maximum absolute atomic E-state index is 13.3. The van der Waals surface area contributed by atoms with Gasteiger partial charge in [-0.3, -0.25) is 4.79 Å². The fraction of sp³-hybridized carbons (Fsp3) is 0.133. The minimum Gasteiger partial charge on any atom is -0.385 e. The van der Waals surface area contributed by atoms with Crippen molar-refractivity contribution in [3.63, 3.8) is 0 Å². The predicted octanol–water partition coefficient (Wildman–Crippen LogP) is 3.41. The van der Waals surface area contributed by atoms with E-state index < -0.39 is 11.6 Å². The molecule has 2 aromatic carbocycles. The van der Waals surface area contributed by atoms with Gasteiger partial charge >= 0.3 is 0 Å². The molecule has 0 heterocycles. The van der Waals surface area contributed by atoms with Gasteiger partial charge < -0.3 is 10.6 Å². The standard InChI is InChI=1S/C15H14F2N2O/c16-11-6-7-14(13(17)10-11)19-15(20)8-9-18-12-4-2-1-3-5-12/h1-7,10,18H,8-9H2,(H,19,20). The lowest BCUT2D eigenvalue weighted by Crippen LogP contribution is -2.17. The topological polar surface area (TPSA) is 41.1 Å². The third-order valence-corrected chi connectivity index (χ3v) is 2.66. The van der Waals surface area contributed by atoms with Gasteiger partial charge in [-0.2, -0.15) is 0 Å². The Labute approximate surface area is 115 Å². The van der Waals surface area contributed by atoms with Crippen molar-refractivity contribution >= 4 is 17.3 Å². The van der Waals surface area contributed by atoms with E-state index in [1.54, 1.807) is 0 Å². The van der Waals surface area contributed by atoms with Crippen LogP contribution in [0.2, 0.25) is 0 Å². The quantitative estimate of drug-likeness (QED) is 0.878. The second-order valence-corrected chi connectivity index (χ2v) is 4.22. The summed E-state index contributed by atoms with van der Waals surface area (Å²) in [6.07, 6.45) is 0.186. The van der Waals surface area contributed by atoms with E-state index in [0.29, 0.717) is 6.54 Å². The summed E-state index contributed by atoms with van der Waals surface area (Å²) in [5.74, 6) is -1.79. The highest BCUT2D eigenvalue weighted by molar-refractivity contribution is 5.91. The van der Waals surface area contributed by atoms with Crippen LogP contribution in [0.4, 0.5) is 20.2 Å². The Balaban J connectivity index is 1.81. The Kier molecular flexibility index (Phi) is 4.65. The molecule has 0 bridgehead atoms. The number of benzene rings is 2. The van der Waals surface area contributed by atoms with E-state index >= 15 is 0 Å². The molecular weight excluding hydrogens is 262 g/mol. The molecule has 20 heavy (non-hydrogen) atoms. The minimum absolute atomic E-state index is 0.0175. The van der Waals surface area contributed by atoms with Crippen molar-refractivity contribution in [1.82, 2.24) is 0 Å². The molecule has 1 amide bonds. The largest absolute Gasteiger partial charge is 0.385 e. The maximum Gasteiger partial charge on any atom is 0.226 e. The van der Waals surface area contributed by atoms with Crippen LogP contribution in [0.25, 0.3) is 0 Å². The second-order valence-electron chi connectivity index (χ2n) is 4.22. The van der Waals surface area contributed by atoms with Gasteiger partial charge in [-0.05, 0) is 24.3 Å². The molecule has 0 aromatic heterocycles. The summed E-state index contributed by atoms with van der Waals surface area (Å²) in [6.45, 7) is 0.429. The summed E-state index contributed by atoms with van der Waals surface area (Å²) in [6, 6.07) is 12.5. The lowest BCUT2D eigenvalue weighted by atomic mass is 10.2. The normalized spacial score (nSPS) is 10.1. The van der Waals surface area contributed by atoms with Crippen LogP contribution < -0.4 is 10.6 Å². The van der Waals surface area contributed by atoms with Gasteiger partial charge in [0, 0.05) is 24.7 Å². The van der Waals surface area contributed by atoms with Gasteiger partial charge in [0.2, 0.25) is 5.91 Å². The highest BCUT2D eigenvalue weighted by Crippen LogP contribution is 2.15. The summed E-state index contributed by atoms with van der Waals surface area (Å²) < 4.78 is 26.0. The summed E-state index contributed by atoms with van der Waals surface area (Å²) >= 11 is 0. The number of para-hydroxylation sites is 1. The number of carbonyl (C=O) groups excluding carboxylic acids is 1. The number of carbonyl (C=O) groups is 1. The molecule has 2 aromatic rings. The van der Waals surface area contributed by atoms with Crippen LogP contribution in [0.1, 0.15) is 6.42 Å². The van der Waals surface area contributed by atoms with Crippen molar-refractivity contribution in [1.29, 1.82) is 0 Å². The number of hydrogen-bond acceptors (Lipinski definition) is 2. The van der Waals surface area contributed by atoms with E-state index in [4.69, 9.17) is 0 Å². The van der Waals surface area contributed by atoms with E-state index in [9.17, 15) is 13.6 Å². The molecule has 0 radical (unpaired) electrons. The van der Waals surface area contributed by atoms with Crippen LogP contribution in [0.5, 0.6) is 0 Å². The molecule has 0 aliphatic rings. The zero-order valence-corrected chi connectivity index (χ0v) is 10.7. The molecule has 5 heteroatoms. The SMILES string of the molecule is O=C(CCNc1ccccc1)Nc1ccc(F)cc1F. The highest BCUT2D eigenvalue weighted by Gasteiger charge is 2.07. The number of amides is 1. The van der Waals surface area contributed by atoms with Crippen LogP contribution in [-0.4, -0.2) is 12.5 Å². The molecule has 0 saturated heterocycles. The summed E-state index contributed by atoms with van der Waals surface area (Å²) in [5, 5.41) is 5.47. The number of anilines is 2. The molecule has 2 rings (SSSR count). The van der Waals surface area contributed by atoms with Gasteiger partial charge in [-0.1, -0.05) is 18.2 Å². The molecule has 0 fully saturated rings. The number of hydrogen-bond donors (Lipinski definition) is 2. The maximum atomic E-state index is 13.3. The molecule has 104 valence electrons. The fourth-order valence-corrected chi connectivity index (χ4v) is 1.68. The summed E-state index contributed by atoms with van der Waals surface area (Å²) in [7, 11) is 0. The lowest BCUT2D eigenvalue weighted by Gasteiger charge is -2.08. The summed E-state index contributed by atoms with van der Waals surface area (Å²) in [4.78, 5) is 11.6. The van der Waals surface area contributed by atoms with Crippen molar-refractivity contribution in [2.24, 2.45) is 0 Å². The number of nitrogens with one attached hydrogen (secondary N) is 2. The first-order chi connectivity index (χ1) is 9.65. The lowest BCUT2D eigenvalue weighted by molar-refractivity contribution is -0.116. The van der Waals surface area contributed by atoms with Gasteiger partial charge in [0.25, 0.3) is 0 Å². The van der Waals surface area contributed by atoms with E-state index in [2.05, 4.69) is 10.6 Å². The van der Waals surface area contributed by atoms with Crippen LogP contribution in [-0.2, 0) is 4.79 Å². The molecule has 0 atom stereocenters. The molecule has 0 aliphatic heterocycles.